The number of hydrazine groups is 1. The molecule has 0 aliphatic rings. The molecule has 18 heavy (non-hydrogen) atoms. The summed E-state index contributed by atoms with van der Waals surface area (Å²) in [5, 5.41) is 12.5. The second-order valence-corrected chi connectivity index (χ2v) is 4.24. The van der Waals surface area contributed by atoms with Gasteiger partial charge in [0.15, 0.2) is 0 Å². The van der Waals surface area contributed by atoms with Crippen LogP contribution in [0.5, 0.6) is 0 Å². The summed E-state index contributed by atoms with van der Waals surface area (Å²) >= 11 is 11.7. The van der Waals surface area contributed by atoms with E-state index >= 15 is 0 Å². The molecule has 2 aromatic rings. The number of tetrazole rings is 1. The van der Waals surface area contributed by atoms with E-state index in [9.17, 15) is 4.79 Å². The number of nitrogens with zero attached hydrogens (tertiary/aromatic N) is 4. The van der Waals surface area contributed by atoms with Gasteiger partial charge in [0.25, 0.3) is 5.91 Å². The Balaban J connectivity index is 2.26. The van der Waals surface area contributed by atoms with Crippen molar-refractivity contribution in [3.8, 4) is 11.4 Å². The molecule has 3 N–H and O–H groups in total. The lowest BCUT2D eigenvalue weighted by atomic mass is 10.2. The molecule has 2 rings (SSSR count). The fourth-order valence-corrected chi connectivity index (χ4v) is 1.81. The molecule has 9 heteroatoms. The number of benzene rings is 1. The van der Waals surface area contributed by atoms with Gasteiger partial charge in [-0.1, -0.05) is 23.2 Å². The highest BCUT2D eigenvalue weighted by atomic mass is 35.5. The monoisotopic (exact) mass is 286 g/mol. The van der Waals surface area contributed by atoms with E-state index in [1.807, 2.05) is 5.43 Å². The van der Waals surface area contributed by atoms with Gasteiger partial charge >= 0.3 is 0 Å². The van der Waals surface area contributed by atoms with Gasteiger partial charge < -0.3 is 0 Å². The van der Waals surface area contributed by atoms with E-state index in [1.165, 1.54) is 0 Å². The highest BCUT2D eigenvalue weighted by Crippen LogP contribution is 2.24. The van der Waals surface area contributed by atoms with Gasteiger partial charge in [0.05, 0.1) is 0 Å². The average molecular weight is 287 g/mol. The summed E-state index contributed by atoms with van der Waals surface area (Å²) in [6, 6.07) is 4.90. The Morgan fingerprint density at radius 2 is 2.00 bits per heavy atom. The summed E-state index contributed by atoms with van der Waals surface area (Å²) in [4.78, 5) is 12.1. The molecule has 1 heterocycles. The van der Waals surface area contributed by atoms with Crippen molar-refractivity contribution in [3.05, 3.63) is 28.2 Å². The minimum absolute atomic E-state index is 0.113. The second kappa shape index (κ2) is 5.30. The number of nitrogens with one attached hydrogen (secondary N) is 1. The van der Waals surface area contributed by atoms with Gasteiger partial charge in [-0.25, -0.2) is 5.84 Å². The van der Waals surface area contributed by atoms with Gasteiger partial charge in [-0.3, -0.25) is 10.2 Å². The zero-order valence-corrected chi connectivity index (χ0v) is 10.5. The maximum atomic E-state index is 11.0. The number of carbonyl (C=O) groups excluding carboxylic acids is 1. The van der Waals surface area contributed by atoms with Crippen molar-refractivity contribution < 1.29 is 4.79 Å². The number of aromatic nitrogens is 4. The molecule has 94 valence electrons. The third-order valence-electron chi connectivity index (χ3n) is 2.02. The Morgan fingerprint density at radius 3 is 2.61 bits per heavy atom. The van der Waals surface area contributed by atoms with E-state index in [4.69, 9.17) is 29.0 Å². The van der Waals surface area contributed by atoms with E-state index in [2.05, 4.69) is 15.4 Å². The second-order valence-electron chi connectivity index (χ2n) is 3.37. The Labute approximate surface area is 112 Å². The number of hydrogen-bond donors (Lipinski definition) is 2. The maximum Gasteiger partial charge on any atom is 0.257 e. The van der Waals surface area contributed by atoms with Crippen molar-refractivity contribution in [3.63, 3.8) is 0 Å². The highest BCUT2D eigenvalue weighted by molar-refractivity contribution is 6.35. The molecule has 0 aliphatic carbocycles. The maximum absolute atomic E-state index is 11.0. The molecule has 1 aromatic heterocycles. The first-order valence-electron chi connectivity index (χ1n) is 4.82. The van der Waals surface area contributed by atoms with Crippen LogP contribution in [0.3, 0.4) is 0 Å². The molecular weight excluding hydrogens is 279 g/mol. The summed E-state index contributed by atoms with van der Waals surface area (Å²) in [6.45, 7) is -0.113. The highest BCUT2D eigenvalue weighted by Gasteiger charge is 2.09. The number of carbonyl (C=O) groups is 1. The van der Waals surface area contributed by atoms with Gasteiger partial charge in [0.1, 0.15) is 6.54 Å². The number of halogens is 2. The largest absolute Gasteiger partial charge is 0.293 e. The Kier molecular flexibility index (Phi) is 3.75. The summed E-state index contributed by atoms with van der Waals surface area (Å²) in [7, 11) is 0. The summed E-state index contributed by atoms with van der Waals surface area (Å²) in [5.74, 6) is 4.85. The third kappa shape index (κ3) is 2.95. The topological polar surface area (TPSA) is 98.7 Å². The van der Waals surface area contributed by atoms with Gasteiger partial charge in [0.2, 0.25) is 5.82 Å². The fraction of sp³-hybridized carbons (Fsp3) is 0.111. The Morgan fingerprint density at radius 1 is 1.33 bits per heavy atom. The lowest BCUT2D eigenvalue weighted by Crippen LogP contribution is -2.33. The van der Waals surface area contributed by atoms with Crippen molar-refractivity contribution in [1.82, 2.24) is 25.6 Å². The smallest absolute Gasteiger partial charge is 0.257 e. The van der Waals surface area contributed by atoms with Crippen LogP contribution in [-0.4, -0.2) is 26.1 Å². The molecule has 0 atom stereocenters. The normalized spacial score (nSPS) is 10.4. The van der Waals surface area contributed by atoms with Crippen LogP contribution in [0.2, 0.25) is 10.0 Å². The summed E-state index contributed by atoms with van der Waals surface area (Å²) in [6.07, 6.45) is 0. The quantitative estimate of drug-likeness (QED) is 0.490. The molecule has 0 spiro atoms. The first-order chi connectivity index (χ1) is 8.58. The van der Waals surface area contributed by atoms with Crippen LogP contribution >= 0.6 is 23.2 Å². The van der Waals surface area contributed by atoms with E-state index in [0.717, 1.165) is 4.80 Å². The van der Waals surface area contributed by atoms with Crippen LogP contribution in [0.4, 0.5) is 0 Å². The lowest BCUT2D eigenvalue weighted by molar-refractivity contribution is -0.122. The fourth-order valence-electron chi connectivity index (χ4n) is 1.28. The Bertz CT molecular complexity index is 564. The molecule has 0 unspecified atom stereocenters. The number of hydrogen-bond acceptors (Lipinski definition) is 5. The van der Waals surface area contributed by atoms with Crippen molar-refractivity contribution in [2.75, 3.05) is 0 Å². The van der Waals surface area contributed by atoms with Crippen LogP contribution in [0.15, 0.2) is 18.2 Å². The predicted molar refractivity (Wildman–Crippen MR) is 65.6 cm³/mol. The lowest BCUT2D eigenvalue weighted by Gasteiger charge is -1.98. The summed E-state index contributed by atoms with van der Waals surface area (Å²) < 4.78 is 0. The van der Waals surface area contributed by atoms with E-state index in [0.29, 0.717) is 21.4 Å². The molecule has 0 fully saturated rings. The molecule has 0 saturated carbocycles. The molecule has 1 aromatic carbocycles. The zero-order chi connectivity index (χ0) is 13.1. The molecule has 7 nitrogen and oxygen atoms in total. The third-order valence-corrected chi connectivity index (χ3v) is 2.46. The van der Waals surface area contributed by atoms with E-state index in [-0.39, 0.29) is 6.54 Å². The first-order valence-corrected chi connectivity index (χ1v) is 5.58. The van der Waals surface area contributed by atoms with E-state index < -0.39 is 5.91 Å². The molecule has 0 saturated heterocycles. The molecular formula is C9H8Cl2N6O. The minimum Gasteiger partial charge on any atom is -0.293 e. The predicted octanol–water partition coefficient (Wildman–Crippen LogP) is 0.637. The molecule has 0 radical (unpaired) electrons. The SMILES string of the molecule is NNC(=O)Cn1nnc(-c2cc(Cl)cc(Cl)c2)n1. The van der Waals surface area contributed by atoms with Gasteiger partial charge in [-0.05, 0) is 23.4 Å². The van der Waals surface area contributed by atoms with Crippen LogP contribution < -0.4 is 11.3 Å². The van der Waals surface area contributed by atoms with Crippen LogP contribution in [0.1, 0.15) is 0 Å². The van der Waals surface area contributed by atoms with Crippen molar-refractivity contribution in [1.29, 1.82) is 0 Å². The summed E-state index contributed by atoms with van der Waals surface area (Å²) in [5.41, 5.74) is 2.59. The number of amides is 1. The first kappa shape index (κ1) is 12.7. The van der Waals surface area contributed by atoms with Gasteiger partial charge in [0, 0.05) is 15.6 Å². The van der Waals surface area contributed by atoms with Crippen LogP contribution in [0, 0.1) is 0 Å². The van der Waals surface area contributed by atoms with Crippen molar-refractivity contribution in [2.45, 2.75) is 6.54 Å². The van der Waals surface area contributed by atoms with Crippen LogP contribution in [0.25, 0.3) is 11.4 Å². The average Bonchev–Trinajstić information content (AvgIpc) is 2.76. The molecule has 0 bridgehead atoms. The standard InChI is InChI=1S/C9H8Cl2N6O/c10-6-1-5(2-7(11)3-6)9-14-16-17(15-9)4-8(18)13-12/h1-3H,4,12H2,(H,13,18). The molecule has 0 aliphatic heterocycles. The minimum atomic E-state index is -0.428. The number of rotatable bonds is 3. The van der Waals surface area contributed by atoms with Crippen molar-refractivity contribution >= 4 is 29.1 Å². The van der Waals surface area contributed by atoms with E-state index in [1.54, 1.807) is 18.2 Å². The van der Waals surface area contributed by atoms with Gasteiger partial charge in [-0.15, -0.1) is 10.2 Å². The van der Waals surface area contributed by atoms with Crippen LogP contribution in [-0.2, 0) is 11.3 Å². The zero-order valence-electron chi connectivity index (χ0n) is 8.97. The molecule has 1 amide bonds. The number of nitrogens with two attached hydrogens (primary N) is 1. The van der Waals surface area contributed by atoms with Crippen molar-refractivity contribution in [2.24, 2.45) is 5.84 Å². The van der Waals surface area contributed by atoms with Gasteiger partial charge in [-0.2, -0.15) is 4.80 Å². The Hall–Kier alpha value is -1.70.